The highest BCUT2D eigenvalue weighted by Gasteiger charge is 2.35. The third kappa shape index (κ3) is 3.63. The monoisotopic (exact) mass is 366 g/mol. The van der Waals surface area contributed by atoms with Gasteiger partial charge < -0.3 is 19.7 Å². The molecule has 2 aromatic carbocycles. The number of hydrogen-bond acceptors (Lipinski definition) is 4. The number of anilines is 1. The summed E-state index contributed by atoms with van der Waals surface area (Å²) in [5.74, 6) is 1.32. The van der Waals surface area contributed by atoms with E-state index in [4.69, 9.17) is 9.47 Å². The molecule has 0 radical (unpaired) electrons. The highest BCUT2D eigenvalue weighted by molar-refractivity contribution is 6.01. The van der Waals surface area contributed by atoms with Gasteiger partial charge in [-0.15, -0.1) is 0 Å². The first kappa shape index (κ1) is 18.8. The Bertz CT molecular complexity index is 834. The van der Waals surface area contributed by atoms with Gasteiger partial charge in [-0.2, -0.15) is 0 Å². The van der Waals surface area contributed by atoms with Crippen molar-refractivity contribution in [1.29, 1.82) is 0 Å². The van der Waals surface area contributed by atoms with Crippen molar-refractivity contribution < 1.29 is 14.3 Å². The lowest BCUT2D eigenvalue weighted by molar-refractivity contribution is 0.0593. The molecule has 2 aromatic rings. The third-order valence-corrected chi connectivity index (χ3v) is 4.89. The van der Waals surface area contributed by atoms with E-state index in [1.54, 1.807) is 13.2 Å². The van der Waals surface area contributed by atoms with Crippen molar-refractivity contribution in [2.24, 2.45) is 0 Å². The number of ether oxygens (including phenoxy) is 2. The molecular weight excluding hydrogens is 340 g/mol. The summed E-state index contributed by atoms with van der Waals surface area (Å²) in [6.45, 7) is 8.23. The molecule has 3 rings (SSSR count). The van der Waals surface area contributed by atoms with E-state index in [0.717, 1.165) is 17.7 Å². The predicted molar refractivity (Wildman–Crippen MR) is 107 cm³/mol. The molecule has 1 amide bonds. The van der Waals surface area contributed by atoms with Crippen molar-refractivity contribution in [1.82, 2.24) is 4.90 Å². The molecule has 5 nitrogen and oxygen atoms in total. The largest absolute Gasteiger partial charge is 0.493 e. The second kappa shape index (κ2) is 8.16. The van der Waals surface area contributed by atoms with E-state index in [1.165, 1.54) is 0 Å². The van der Waals surface area contributed by atoms with Crippen molar-refractivity contribution in [2.45, 2.75) is 32.5 Å². The van der Waals surface area contributed by atoms with Crippen LogP contribution >= 0.6 is 0 Å². The van der Waals surface area contributed by atoms with E-state index in [2.05, 4.69) is 25.7 Å². The van der Waals surface area contributed by atoms with E-state index >= 15 is 0 Å². The highest BCUT2D eigenvalue weighted by Crippen LogP contribution is 2.38. The summed E-state index contributed by atoms with van der Waals surface area (Å²) in [7, 11) is 1.61. The number of rotatable bonds is 7. The molecule has 1 aliphatic rings. The normalized spacial score (nSPS) is 16.9. The van der Waals surface area contributed by atoms with Gasteiger partial charge in [-0.3, -0.25) is 4.79 Å². The lowest BCUT2D eigenvalue weighted by Crippen LogP contribution is -2.47. The summed E-state index contributed by atoms with van der Waals surface area (Å²) in [6.07, 6.45) is 2.28. The molecule has 0 aliphatic carbocycles. The number of carbonyl (C=O) groups is 1. The van der Waals surface area contributed by atoms with Crippen molar-refractivity contribution in [3.63, 3.8) is 0 Å². The van der Waals surface area contributed by atoms with Crippen LogP contribution in [-0.2, 0) is 0 Å². The molecule has 0 spiro atoms. The van der Waals surface area contributed by atoms with Crippen molar-refractivity contribution in [2.75, 3.05) is 19.0 Å². The van der Waals surface area contributed by atoms with Crippen molar-refractivity contribution in [3.8, 4) is 11.5 Å². The first-order chi connectivity index (χ1) is 13.1. The van der Waals surface area contributed by atoms with Crippen LogP contribution in [0.2, 0.25) is 0 Å². The maximum atomic E-state index is 13.2. The Kier molecular flexibility index (Phi) is 5.69. The van der Waals surface area contributed by atoms with Gasteiger partial charge in [-0.25, -0.2) is 0 Å². The second-order valence-corrected chi connectivity index (χ2v) is 6.57. The van der Waals surface area contributed by atoms with Gasteiger partial charge in [0, 0.05) is 11.7 Å². The molecule has 0 fully saturated rings. The summed E-state index contributed by atoms with van der Waals surface area (Å²) in [6, 6.07) is 13.5. The lowest BCUT2D eigenvalue weighted by Gasteiger charge is -2.41. The predicted octanol–water partition coefficient (Wildman–Crippen LogP) is 4.63. The average molecular weight is 366 g/mol. The van der Waals surface area contributed by atoms with Crippen LogP contribution in [0.15, 0.2) is 55.1 Å². The topological polar surface area (TPSA) is 50.8 Å². The summed E-state index contributed by atoms with van der Waals surface area (Å²) >= 11 is 0. The Morgan fingerprint density at radius 3 is 2.74 bits per heavy atom. The Hall–Kier alpha value is -2.95. The molecule has 142 valence electrons. The van der Waals surface area contributed by atoms with E-state index in [9.17, 15) is 4.79 Å². The van der Waals surface area contributed by atoms with Gasteiger partial charge in [0.2, 0.25) is 0 Å². The van der Waals surface area contributed by atoms with Gasteiger partial charge in [-0.1, -0.05) is 37.8 Å². The molecule has 0 bridgehead atoms. The summed E-state index contributed by atoms with van der Waals surface area (Å²) < 4.78 is 11.2. The van der Waals surface area contributed by atoms with Gasteiger partial charge >= 0.3 is 0 Å². The third-order valence-electron chi connectivity index (χ3n) is 4.89. The zero-order valence-electron chi connectivity index (χ0n) is 16.1. The SMILES string of the molecule is C=CCOc1ccc([C@H]2Nc3ccccc3C(=O)N2[C@@H](C)CC)cc1OC. The van der Waals surface area contributed by atoms with Crippen LogP contribution in [0.25, 0.3) is 0 Å². The van der Waals surface area contributed by atoms with E-state index < -0.39 is 0 Å². The first-order valence-corrected chi connectivity index (χ1v) is 9.20. The number of hydrogen-bond donors (Lipinski definition) is 1. The van der Waals surface area contributed by atoms with Crippen LogP contribution in [0.5, 0.6) is 11.5 Å². The van der Waals surface area contributed by atoms with Crippen LogP contribution in [0, 0.1) is 0 Å². The van der Waals surface area contributed by atoms with Crippen LogP contribution in [0.4, 0.5) is 5.69 Å². The standard InChI is InChI=1S/C22H26N2O3/c1-5-13-27-19-12-11-16(14-20(19)26-4)21-23-18-10-8-7-9-17(18)22(25)24(21)15(3)6-2/h5,7-12,14-15,21,23H,1,6,13H2,2-4H3/t15-,21-/m0/s1. The minimum absolute atomic E-state index is 0.0367. The molecule has 1 heterocycles. The Balaban J connectivity index is 2.02. The Morgan fingerprint density at radius 1 is 1.26 bits per heavy atom. The number of benzene rings is 2. The second-order valence-electron chi connectivity index (χ2n) is 6.57. The van der Waals surface area contributed by atoms with E-state index in [0.29, 0.717) is 23.7 Å². The number of amides is 1. The number of nitrogens with zero attached hydrogens (tertiary/aromatic N) is 1. The van der Waals surface area contributed by atoms with Gasteiger partial charge in [0.1, 0.15) is 12.8 Å². The minimum Gasteiger partial charge on any atom is -0.493 e. The highest BCUT2D eigenvalue weighted by atomic mass is 16.5. The zero-order chi connectivity index (χ0) is 19.4. The fraction of sp³-hybridized carbons (Fsp3) is 0.318. The molecule has 0 saturated heterocycles. The van der Waals surface area contributed by atoms with Crippen LogP contribution in [-0.4, -0.2) is 30.6 Å². The summed E-state index contributed by atoms with van der Waals surface area (Å²) in [4.78, 5) is 15.1. The zero-order valence-corrected chi connectivity index (χ0v) is 16.1. The quantitative estimate of drug-likeness (QED) is 0.726. The molecule has 0 aromatic heterocycles. The van der Waals surface area contributed by atoms with Gasteiger partial charge in [0.15, 0.2) is 11.5 Å². The fourth-order valence-electron chi connectivity index (χ4n) is 3.29. The van der Waals surface area contributed by atoms with Crippen molar-refractivity contribution in [3.05, 3.63) is 66.2 Å². The van der Waals surface area contributed by atoms with Crippen LogP contribution in [0.3, 0.4) is 0 Å². The van der Waals surface area contributed by atoms with Crippen LogP contribution in [0.1, 0.15) is 42.4 Å². The van der Waals surface area contributed by atoms with Gasteiger partial charge in [0.25, 0.3) is 5.91 Å². The number of methoxy groups -OCH3 is 1. The molecule has 1 N–H and O–H groups in total. The van der Waals surface area contributed by atoms with E-state index in [1.807, 2.05) is 47.4 Å². The van der Waals surface area contributed by atoms with Gasteiger partial charge in [-0.05, 0) is 43.2 Å². The maximum absolute atomic E-state index is 13.2. The smallest absolute Gasteiger partial charge is 0.258 e. The summed E-state index contributed by atoms with van der Waals surface area (Å²) in [5, 5.41) is 3.52. The molecule has 27 heavy (non-hydrogen) atoms. The first-order valence-electron chi connectivity index (χ1n) is 9.20. The molecule has 0 saturated carbocycles. The fourth-order valence-corrected chi connectivity index (χ4v) is 3.29. The maximum Gasteiger partial charge on any atom is 0.258 e. The molecule has 1 aliphatic heterocycles. The number of carbonyl (C=O) groups excluding carboxylic acids is 1. The van der Waals surface area contributed by atoms with Crippen LogP contribution < -0.4 is 14.8 Å². The van der Waals surface area contributed by atoms with Crippen molar-refractivity contribution >= 4 is 11.6 Å². The lowest BCUT2D eigenvalue weighted by atomic mass is 10.0. The summed E-state index contributed by atoms with van der Waals surface area (Å²) in [5.41, 5.74) is 2.49. The Labute approximate surface area is 160 Å². The molecule has 0 unspecified atom stereocenters. The van der Waals surface area contributed by atoms with Gasteiger partial charge in [0.05, 0.1) is 12.7 Å². The number of nitrogens with one attached hydrogen (secondary N) is 1. The minimum atomic E-state index is -0.273. The Morgan fingerprint density at radius 2 is 2.04 bits per heavy atom. The average Bonchev–Trinajstić information content (AvgIpc) is 2.71. The molecule has 5 heteroatoms. The van der Waals surface area contributed by atoms with E-state index in [-0.39, 0.29) is 18.1 Å². The number of fused-ring (bicyclic) bond motifs is 1. The molecular formula is C22H26N2O3. The molecule has 2 atom stereocenters. The number of para-hydroxylation sites is 1.